The van der Waals surface area contributed by atoms with E-state index in [0.717, 1.165) is 34.2 Å². The van der Waals surface area contributed by atoms with Crippen LogP contribution in [0.5, 0.6) is 0 Å². The summed E-state index contributed by atoms with van der Waals surface area (Å²) in [4.78, 5) is 14.6. The maximum atomic E-state index is 11.4. The molecule has 0 bridgehead atoms. The molecule has 1 aliphatic rings. The number of primary amides is 1. The number of nitrogens with zero attached hydrogens (tertiary/aromatic N) is 1. The molecular formula is C14H10ClN3O. The molecule has 0 saturated carbocycles. The molecule has 19 heavy (non-hydrogen) atoms. The Balaban J connectivity index is 2.37. The van der Waals surface area contributed by atoms with Crippen molar-refractivity contribution in [2.24, 2.45) is 5.73 Å². The first-order valence-corrected chi connectivity index (χ1v) is 6.23. The van der Waals surface area contributed by atoms with E-state index < -0.39 is 5.91 Å². The van der Waals surface area contributed by atoms with E-state index in [4.69, 9.17) is 22.6 Å². The van der Waals surface area contributed by atoms with Gasteiger partial charge in [0.15, 0.2) is 0 Å². The lowest BCUT2D eigenvalue weighted by Gasteiger charge is -2.02. The number of allylic oxidation sites excluding steroid dienone is 1. The molecule has 1 aromatic heterocycles. The van der Waals surface area contributed by atoms with Gasteiger partial charge in [-0.1, -0.05) is 23.7 Å². The highest BCUT2D eigenvalue weighted by Crippen LogP contribution is 2.41. The van der Waals surface area contributed by atoms with Crippen molar-refractivity contribution in [2.45, 2.75) is 12.8 Å². The number of halogens is 1. The summed E-state index contributed by atoms with van der Waals surface area (Å²) in [5.41, 5.74) is 8.79. The fourth-order valence-electron chi connectivity index (χ4n) is 2.66. The zero-order chi connectivity index (χ0) is 13.6. The average molecular weight is 272 g/mol. The number of H-pyrrole nitrogens is 1. The van der Waals surface area contributed by atoms with Gasteiger partial charge < -0.3 is 10.7 Å². The highest BCUT2D eigenvalue weighted by Gasteiger charge is 2.26. The Kier molecular flexibility index (Phi) is 2.58. The number of amides is 1. The fraction of sp³-hybridized carbons (Fsp3) is 0.143. The first-order valence-electron chi connectivity index (χ1n) is 5.86. The molecule has 0 atom stereocenters. The SMILES string of the molecule is N#C/C(C(N)=O)=C1/CCc2[nH]c3c(Cl)cccc3c21. The minimum Gasteiger partial charge on any atom is -0.365 e. The highest BCUT2D eigenvalue weighted by molar-refractivity contribution is 6.35. The van der Waals surface area contributed by atoms with Gasteiger partial charge in [-0.25, -0.2) is 0 Å². The van der Waals surface area contributed by atoms with Crippen molar-refractivity contribution in [2.75, 3.05) is 0 Å². The van der Waals surface area contributed by atoms with Crippen LogP contribution in [-0.4, -0.2) is 10.9 Å². The zero-order valence-electron chi connectivity index (χ0n) is 9.96. The second-order valence-corrected chi connectivity index (χ2v) is 4.88. The standard InChI is InChI=1S/C14H10ClN3O/c15-10-3-1-2-8-12-7(9(6-16)14(17)19)4-5-11(12)18-13(8)10/h1-3,18H,4-5H2,(H2,17,19)/b9-7+. The maximum absolute atomic E-state index is 11.4. The topological polar surface area (TPSA) is 82.7 Å². The molecule has 1 aliphatic carbocycles. The Labute approximate surface area is 114 Å². The van der Waals surface area contributed by atoms with E-state index in [9.17, 15) is 4.79 Å². The number of hydrogen-bond acceptors (Lipinski definition) is 2. The number of carbonyl (C=O) groups excluding carboxylic acids is 1. The summed E-state index contributed by atoms with van der Waals surface area (Å²) in [6.45, 7) is 0. The quantitative estimate of drug-likeness (QED) is 0.617. The van der Waals surface area contributed by atoms with E-state index in [0.29, 0.717) is 11.4 Å². The Morgan fingerprint density at radius 2 is 2.21 bits per heavy atom. The van der Waals surface area contributed by atoms with Gasteiger partial charge in [-0.15, -0.1) is 0 Å². The van der Waals surface area contributed by atoms with Crippen LogP contribution in [0.3, 0.4) is 0 Å². The van der Waals surface area contributed by atoms with Crippen molar-refractivity contribution in [1.82, 2.24) is 4.98 Å². The van der Waals surface area contributed by atoms with Crippen LogP contribution >= 0.6 is 11.6 Å². The van der Waals surface area contributed by atoms with Crippen molar-refractivity contribution in [3.63, 3.8) is 0 Å². The number of para-hydroxylation sites is 1. The number of aromatic nitrogens is 1. The monoisotopic (exact) mass is 271 g/mol. The summed E-state index contributed by atoms with van der Waals surface area (Å²) in [5.74, 6) is -0.679. The molecule has 94 valence electrons. The molecule has 3 rings (SSSR count). The third-order valence-corrected chi connectivity index (χ3v) is 3.76. The number of fused-ring (bicyclic) bond motifs is 3. The molecule has 0 saturated heterocycles. The van der Waals surface area contributed by atoms with Crippen molar-refractivity contribution in [3.05, 3.63) is 40.1 Å². The summed E-state index contributed by atoms with van der Waals surface area (Å²) < 4.78 is 0. The van der Waals surface area contributed by atoms with Crippen LogP contribution in [0.2, 0.25) is 5.02 Å². The predicted molar refractivity (Wildman–Crippen MR) is 73.4 cm³/mol. The van der Waals surface area contributed by atoms with Gasteiger partial charge >= 0.3 is 0 Å². The number of aryl methyl sites for hydroxylation is 1. The Morgan fingerprint density at radius 1 is 1.42 bits per heavy atom. The van der Waals surface area contributed by atoms with Gasteiger partial charge in [0, 0.05) is 16.6 Å². The number of nitriles is 1. The van der Waals surface area contributed by atoms with Gasteiger partial charge in [0.25, 0.3) is 5.91 Å². The molecule has 0 radical (unpaired) electrons. The van der Waals surface area contributed by atoms with Crippen molar-refractivity contribution >= 4 is 34.0 Å². The van der Waals surface area contributed by atoms with Crippen LogP contribution in [0.1, 0.15) is 17.7 Å². The maximum Gasteiger partial charge on any atom is 0.259 e. The van der Waals surface area contributed by atoms with Crippen molar-refractivity contribution < 1.29 is 4.79 Å². The normalized spacial score (nSPS) is 16.2. The summed E-state index contributed by atoms with van der Waals surface area (Å²) in [6.07, 6.45) is 1.41. The number of nitrogens with two attached hydrogens (primary N) is 1. The van der Waals surface area contributed by atoms with Crippen LogP contribution in [0.4, 0.5) is 0 Å². The predicted octanol–water partition coefficient (Wildman–Crippen LogP) is 2.53. The number of benzene rings is 1. The van der Waals surface area contributed by atoms with Gasteiger partial charge in [0.2, 0.25) is 0 Å². The molecule has 1 aromatic carbocycles. The molecule has 0 spiro atoms. The molecule has 1 amide bonds. The van der Waals surface area contributed by atoms with E-state index in [1.807, 2.05) is 18.2 Å². The van der Waals surface area contributed by atoms with E-state index in [1.54, 1.807) is 6.07 Å². The Morgan fingerprint density at radius 3 is 2.89 bits per heavy atom. The van der Waals surface area contributed by atoms with E-state index in [2.05, 4.69) is 4.98 Å². The summed E-state index contributed by atoms with van der Waals surface area (Å²) in [5, 5.41) is 10.7. The lowest BCUT2D eigenvalue weighted by Crippen LogP contribution is -2.14. The minimum atomic E-state index is -0.679. The number of aromatic amines is 1. The van der Waals surface area contributed by atoms with E-state index >= 15 is 0 Å². The first kappa shape index (κ1) is 11.8. The molecule has 3 N–H and O–H groups in total. The summed E-state index contributed by atoms with van der Waals surface area (Å²) in [7, 11) is 0. The van der Waals surface area contributed by atoms with E-state index in [-0.39, 0.29) is 5.57 Å². The van der Waals surface area contributed by atoms with Crippen LogP contribution in [0.15, 0.2) is 23.8 Å². The number of hydrogen-bond donors (Lipinski definition) is 2. The van der Waals surface area contributed by atoms with Gasteiger partial charge in [-0.2, -0.15) is 5.26 Å². The van der Waals surface area contributed by atoms with Crippen LogP contribution in [-0.2, 0) is 11.2 Å². The smallest absolute Gasteiger partial charge is 0.259 e. The summed E-state index contributed by atoms with van der Waals surface area (Å²) >= 11 is 6.14. The zero-order valence-corrected chi connectivity index (χ0v) is 10.7. The van der Waals surface area contributed by atoms with Gasteiger partial charge in [0.05, 0.1) is 10.5 Å². The molecule has 5 heteroatoms. The molecule has 0 fully saturated rings. The van der Waals surface area contributed by atoms with Crippen LogP contribution < -0.4 is 5.73 Å². The highest BCUT2D eigenvalue weighted by atomic mass is 35.5. The number of carbonyl (C=O) groups is 1. The van der Waals surface area contributed by atoms with Crippen molar-refractivity contribution in [1.29, 1.82) is 5.26 Å². The first-order chi connectivity index (χ1) is 9.13. The second-order valence-electron chi connectivity index (χ2n) is 4.47. The molecular weight excluding hydrogens is 262 g/mol. The van der Waals surface area contributed by atoms with Gasteiger partial charge in [-0.3, -0.25) is 4.79 Å². The van der Waals surface area contributed by atoms with Gasteiger partial charge in [-0.05, 0) is 24.5 Å². The molecule has 0 unspecified atom stereocenters. The lowest BCUT2D eigenvalue weighted by atomic mass is 10.0. The van der Waals surface area contributed by atoms with Crippen LogP contribution in [0.25, 0.3) is 16.5 Å². The second kappa shape index (κ2) is 4.15. The molecule has 2 aromatic rings. The Bertz CT molecular complexity index is 780. The molecule has 1 heterocycles. The number of nitrogens with one attached hydrogen (secondary N) is 1. The van der Waals surface area contributed by atoms with E-state index in [1.165, 1.54) is 0 Å². The average Bonchev–Trinajstić information content (AvgIpc) is 2.91. The third kappa shape index (κ3) is 1.63. The van der Waals surface area contributed by atoms with Crippen LogP contribution in [0, 0.1) is 11.3 Å². The minimum absolute atomic E-state index is 0.0413. The third-order valence-electron chi connectivity index (χ3n) is 3.45. The fourth-order valence-corrected chi connectivity index (χ4v) is 2.89. The van der Waals surface area contributed by atoms with Gasteiger partial charge in [0.1, 0.15) is 11.6 Å². The van der Waals surface area contributed by atoms with Crippen molar-refractivity contribution in [3.8, 4) is 6.07 Å². The molecule has 0 aliphatic heterocycles. The number of rotatable bonds is 1. The lowest BCUT2D eigenvalue weighted by molar-refractivity contribution is -0.114. The Hall–Kier alpha value is -2.25. The largest absolute Gasteiger partial charge is 0.365 e. The summed E-state index contributed by atoms with van der Waals surface area (Å²) in [6, 6.07) is 7.50. The molecule has 4 nitrogen and oxygen atoms in total.